The van der Waals surface area contributed by atoms with Crippen molar-refractivity contribution in [2.75, 3.05) is 46.4 Å². The number of amides is 1. The quantitative estimate of drug-likeness (QED) is 0.613. The van der Waals surface area contributed by atoms with E-state index in [2.05, 4.69) is 22.1 Å². The van der Waals surface area contributed by atoms with Crippen molar-refractivity contribution in [2.24, 2.45) is 16.8 Å². The second kappa shape index (κ2) is 9.58. The molecule has 0 bridgehead atoms. The number of rotatable bonds is 4. The first kappa shape index (κ1) is 19.5. The number of piperazine rings is 1. The maximum absolute atomic E-state index is 12.5. The van der Waals surface area contributed by atoms with E-state index in [1.807, 2.05) is 11.9 Å². The van der Waals surface area contributed by atoms with Crippen molar-refractivity contribution in [3.05, 3.63) is 0 Å². The highest BCUT2D eigenvalue weighted by molar-refractivity contribution is 5.82. The molecule has 0 aromatic rings. The first-order chi connectivity index (χ1) is 12.7. The monoisotopic (exact) mass is 364 g/mol. The molecule has 1 amide bonds. The number of hydrogen-bond acceptors (Lipinski definition) is 3. The van der Waals surface area contributed by atoms with Gasteiger partial charge in [-0.05, 0) is 37.5 Å². The number of hydrogen-bond donors (Lipinski definition) is 1. The number of guanidine groups is 1. The van der Waals surface area contributed by atoms with Gasteiger partial charge in [0.15, 0.2) is 5.96 Å². The summed E-state index contributed by atoms with van der Waals surface area (Å²) >= 11 is 0. The van der Waals surface area contributed by atoms with Crippen molar-refractivity contribution in [1.82, 2.24) is 15.1 Å². The van der Waals surface area contributed by atoms with Crippen molar-refractivity contribution in [3.63, 3.8) is 0 Å². The van der Waals surface area contributed by atoms with Crippen LogP contribution in [0.1, 0.15) is 51.9 Å². The first-order valence-corrected chi connectivity index (χ1v) is 10.6. The molecule has 0 aromatic heterocycles. The van der Waals surface area contributed by atoms with Crippen LogP contribution in [-0.2, 0) is 9.53 Å². The highest BCUT2D eigenvalue weighted by atomic mass is 16.5. The summed E-state index contributed by atoms with van der Waals surface area (Å²) < 4.78 is 5.54. The summed E-state index contributed by atoms with van der Waals surface area (Å²) in [6, 6.07) is 0. The number of ether oxygens (including phenoxy) is 1. The average molecular weight is 365 g/mol. The highest BCUT2D eigenvalue weighted by Gasteiger charge is 2.31. The van der Waals surface area contributed by atoms with Crippen LogP contribution in [0, 0.1) is 11.8 Å². The van der Waals surface area contributed by atoms with Crippen LogP contribution < -0.4 is 5.32 Å². The van der Waals surface area contributed by atoms with Crippen LogP contribution in [0.15, 0.2) is 4.99 Å². The van der Waals surface area contributed by atoms with Gasteiger partial charge in [-0.3, -0.25) is 9.79 Å². The second-order valence-corrected chi connectivity index (χ2v) is 8.04. The third-order valence-corrected chi connectivity index (χ3v) is 6.40. The first-order valence-electron chi connectivity index (χ1n) is 10.6. The molecule has 6 heteroatoms. The summed E-state index contributed by atoms with van der Waals surface area (Å²) in [5.74, 6) is 2.89. The summed E-state index contributed by atoms with van der Waals surface area (Å²) in [6.07, 6.45) is 8.46. The SMILES string of the molecule is CCC1CCC(CNC(=NC)N2CCN(C(=O)C3CCCO3)CC2)CC1. The van der Waals surface area contributed by atoms with Crippen molar-refractivity contribution in [2.45, 2.75) is 58.0 Å². The lowest BCUT2D eigenvalue weighted by molar-refractivity contribution is -0.142. The van der Waals surface area contributed by atoms with Gasteiger partial charge >= 0.3 is 0 Å². The molecule has 1 atom stereocenters. The van der Waals surface area contributed by atoms with Crippen molar-refractivity contribution in [1.29, 1.82) is 0 Å². The summed E-state index contributed by atoms with van der Waals surface area (Å²) in [5.41, 5.74) is 0. The van der Waals surface area contributed by atoms with Gasteiger partial charge in [-0.15, -0.1) is 0 Å². The van der Waals surface area contributed by atoms with E-state index in [1.54, 1.807) is 0 Å². The van der Waals surface area contributed by atoms with Crippen LogP contribution >= 0.6 is 0 Å². The summed E-state index contributed by atoms with van der Waals surface area (Å²) in [5, 5.41) is 3.59. The predicted molar refractivity (Wildman–Crippen MR) is 104 cm³/mol. The Morgan fingerprint density at radius 1 is 1.04 bits per heavy atom. The van der Waals surface area contributed by atoms with E-state index in [0.717, 1.165) is 70.0 Å². The zero-order valence-electron chi connectivity index (χ0n) is 16.6. The fourth-order valence-electron chi connectivity index (χ4n) is 4.53. The molecule has 0 aromatic carbocycles. The average Bonchev–Trinajstić information content (AvgIpc) is 3.24. The van der Waals surface area contributed by atoms with E-state index >= 15 is 0 Å². The highest BCUT2D eigenvalue weighted by Crippen LogP contribution is 2.30. The smallest absolute Gasteiger partial charge is 0.251 e. The van der Waals surface area contributed by atoms with E-state index < -0.39 is 0 Å². The third kappa shape index (κ3) is 4.90. The predicted octanol–water partition coefficient (Wildman–Crippen LogP) is 2.10. The minimum absolute atomic E-state index is 0.179. The number of carbonyl (C=O) groups is 1. The van der Waals surface area contributed by atoms with E-state index in [0.29, 0.717) is 0 Å². The summed E-state index contributed by atoms with van der Waals surface area (Å²) in [4.78, 5) is 21.2. The fraction of sp³-hybridized carbons (Fsp3) is 0.900. The van der Waals surface area contributed by atoms with Gasteiger partial charge in [-0.25, -0.2) is 0 Å². The van der Waals surface area contributed by atoms with Crippen molar-refractivity contribution >= 4 is 11.9 Å². The van der Waals surface area contributed by atoms with Crippen LogP contribution in [0.2, 0.25) is 0 Å². The zero-order valence-corrected chi connectivity index (χ0v) is 16.6. The molecular formula is C20H36N4O2. The van der Waals surface area contributed by atoms with E-state index in [9.17, 15) is 4.79 Å². The zero-order chi connectivity index (χ0) is 18.4. The largest absolute Gasteiger partial charge is 0.368 e. The Balaban J connectivity index is 1.40. The molecule has 1 saturated carbocycles. The number of aliphatic imine (C=N–C) groups is 1. The van der Waals surface area contributed by atoms with Crippen LogP contribution in [0.3, 0.4) is 0 Å². The maximum Gasteiger partial charge on any atom is 0.251 e. The number of nitrogens with zero attached hydrogens (tertiary/aromatic N) is 3. The molecule has 148 valence electrons. The topological polar surface area (TPSA) is 57.2 Å². The lowest BCUT2D eigenvalue weighted by Gasteiger charge is -2.38. The van der Waals surface area contributed by atoms with Gasteiger partial charge in [-0.1, -0.05) is 26.2 Å². The normalized spacial score (nSPS) is 30.5. The molecule has 2 aliphatic heterocycles. The Morgan fingerprint density at radius 2 is 1.69 bits per heavy atom. The molecule has 3 aliphatic rings. The van der Waals surface area contributed by atoms with Crippen LogP contribution in [-0.4, -0.2) is 74.1 Å². The second-order valence-electron chi connectivity index (χ2n) is 8.04. The molecule has 0 radical (unpaired) electrons. The molecule has 1 N–H and O–H groups in total. The van der Waals surface area contributed by atoms with Crippen LogP contribution in [0.4, 0.5) is 0 Å². The minimum Gasteiger partial charge on any atom is -0.368 e. The Bertz CT molecular complexity index is 474. The van der Waals surface area contributed by atoms with Gasteiger partial charge in [0.05, 0.1) is 0 Å². The Labute approximate surface area is 158 Å². The maximum atomic E-state index is 12.5. The number of carbonyl (C=O) groups excluding carboxylic acids is 1. The van der Waals surface area contributed by atoms with Crippen molar-refractivity contribution < 1.29 is 9.53 Å². The van der Waals surface area contributed by atoms with Gasteiger partial charge in [0.25, 0.3) is 5.91 Å². The summed E-state index contributed by atoms with van der Waals surface area (Å²) in [7, 11) is 1.86. The minimum atomic E-state index is -0.197. The lowest BCUT2D eigenvalue weighted by atomic mass is 9.81. The fourth-order valence-corrected chi connectivity index (χ4v) is 4.53. The molecule has 1 unspecified atom stereocenters. The van der Waals surface area contributed by atoms with Crippen LogP contribution in [0.25, 0.3) is 0 Å². The molecule has 2 saturated heterocycles. The van der Waals surface area contributed by atoms with Crippen LogP contribution in [0.5, 0.6) is 0 Å². The lowest BCUT2D eigenvalue weighted by Crippen LogP contribution is -2.55. The van der Waals surface area contributed by atoms with Gasteiger partial charge < -0.3 is 19.9 Å². The molecule has 3 rings (SSSR count). The standard InChI is InChI=1S/C20H36N4O2/c1-3-16-6-8-17(9-7-16)15-22-20(21-2)24-12-10-23(11-13-24)19(25)18-5-4-14-26-18/h16-18H,3-15H2,1-2H3,(H,21,22). The van der Waals surface area contributed by atoms with Crippen molar-refractivity contribution in [3.8, 4) is 0 Å². The molecule has 26 heavy (non-hydrogen) atoms. The van der Waals surface area contributed by atoms with E-state index in [-0.39, 0.29) is 12.0 Å². The van der Waals surface area contributed by atoms with Gasteiger partial charge in [0.2, 0.25) is 0 Å². The summed E-state index contributed by atoms with van der Waals surface area (Å²) in [6.45, 7) is 7.29. The Hall–Kier alpha value is -1.30. The van der Waals surface area contributed by atoms with Gasteiger partial charge in [-0.2, -0.15) is 0 Å². The molecule has 6 nitrogen and oxygen atoms in total. The molecule has 0 spiro atoms. The molecule has 2 heterocycles. The van der Waals surface area contributed by atoms with Gasteiger partial charge in [0, 0.05) is 46.4 Å². The van der Waals surface area contributed by atoms with E-state index in [1.165, 1.54) is 32.1 Å². The number of nitrogens with one attached hydrogen (secondary N) is 1. The molecule has 3 fully saturated rings. The third-order valence-electron chi connectivity index (χ3n) is 6.40. The van der Waals surface area contributed by atoms with Gasteiger partial charge in [0.1, 0.15) is 6.10 Å². The Morgan fingerprint density at radius 3 is 2.27 bits per heavy atom. The Kier molecular flexibility index (Phi) is 7.17. The van der Waals surface area contributed by atoms with E-state index in [4.69, 9.17) is 4.74 Å². The molecular weight excluding hydrogens is 328 g/mol. The molecule has 1 aliphatic carbocycles.